The second-order valence-corrected chi connectivity index (χ2v) is 9.11. The van der Waals surface area contributed by atoms with Crippen molar-refractivity contribution in [3.8, 4) is 17.2 Å². The van der Waals surface area contributed by atoms with Crippen molar-refractivity contribution in [2.45, 2.75) is 18.8 Å². The van der Waals surface area contributed by atoms with Crippen molar-refractivity contribution in [1.29, 1.82) is 0 Å². The average Bonchev–Trinajstić information content (AvgIpc) is 2.67. The second-order valence-electron chi connectivity index (χ2n) is 7.34. The van der Waals surface area contributed by atoms with Gasteiger partial charge in [-0.15, -0.1) is 0 Å². The van der Waals surface area contributed by atoms with Gasteiger partial charge in [0.15, 0.2) is 0 Å². The lowest BCUT2D eigenvalue weighted by molar-refractivity contribution is -0.119. The number of hydrogen-bond donors (Lipinski definition) is 2. The highest BCUT2D eigenvalue weighted by Gasteiger charge is 2.31. The fourth-order valence-electron chi connectivity index (χ4n) is 3.63. The van der Waals surface area contributed by atoms with E-state index in [1.807, 2.05) is 65.4 Å². The Labute approximate surface area is 175 Å². The summed E-state index contributed by atoms with van der Waals surface area (Å²) < 4.78 is 31.4. The molecule has 1 amide bonds. The Bertz CT molecular complexity index is 1180. The molecule has 1 aliphatic heterocycles. The number of benzene rings is 3. The largest absolute Gasteiger partial charge is 0.508 e. The number of phenolic OH excluding ortho intramolecular Hbond substituents is 1. The first kappa shape index (κ1) is 20.0. The highest BCUT2D eigenvalue weighted by atomic mass is 32.2. The van der Waals surface area contributed by atoms with Gasteiger partial charge in [-0.25, -0.2) is 8.42 Å². The number of hydrogen-bond acceptors (Lipinski definition) is 5. The minimum Gasteiger partial charge on any atom is -0.508 e. The summed E-state index contributed by atoms with van der Waals surface area (Å²) in [5.41, 5.74) is 2.35. The van der Waals surface area contributed by atoms with E-state index in [0.29, 0.717) is 12.0 Å². The van der Waals surface area contributed by atoms with Gasteiger partial charge in [-0.3, -0.25) is 9.52 Å². The van der Waals surface area contributed by atoms with Crippen LogP contribution in [0.15, 0.2) is 72.8 Å². The molecule has 4 rings (SSSR count). The van der Waals surface area contributed by atoms with Crippen molar-refractivity contribution in [2.24, 2.45) is 0 Å². The minimum absolute atomic E-state index is 0.000842. The second kappa shape index (κ2) is 8.20. The first-order chi connectivity index (χ1) is 14.4. The van der Waals surface area contributed by atoms with Gasteiger partial charge in [0.25, 0.3) is 0 Å². The summed E-state index contributed by atoms with van der Waals surface area (Å²) in [6.45, 7) is 0. The van der Waals surface area contributed by atoms with Crippen molar-refractivity contribution < 1.29 is 23.1 Å². The molecule has 1 saturated heterocycles. The quantitative estimate of drug-likeness (QED) is 0.653. The maximum absolute atomic E-state index is 11.8. The SMILES string of the molecule is O=C1CC(c2ccc(Cc3cccc(Oc4ccccc4)c3)cc2O)CS(=O)(=O)N1. The van der Waals surface area contributed by atoms with Crippen LogP contribution in [0.2, 0.25) is 0 Å². The molecular weight excluding hydrogens is 402 g/mol. The van der Waals surface area contributed by atoms with E-state index >= 15 is 0 Å². The number of phenols is 1. The van der Waals surface area contributed by atoms with E-state index in [1.165, 1.54) is 0 Å². The van der Waals surface area contributed by atoms with E-state index in [9.17, 15) is 18.3 Å². The number of carbonyl (C=O) groups excluding carboxylic acids is 1. The lowest BCUT2D eigenvalue weighted by Gasteiger charge is -2.23. The van der Waals surface area contributed by atoms with Gasteiger partial charge in [-0.1, -0.05) is 42.5 Å². The molecule has 1 unspecified atom stereocenters. The molecule has 154 valence electrons. The van der Waals surface area contributed by atoms with Crippen molar-refractivity contribution >= 4 is 15.9 Å². The molecule has 3 aromatic carbocycles. The van der Waals surface area contributed by atoms with Gasteiger partial charge in [0.1, 0.15) is 17.2 Å². The summed E-state index contributed by atoms with van der Waals surface area (Å²) >= 11 is 0. The molecule has 1 atom stereocenters. The number of sulfonamides is 1. The predicted octanol–water partition coefficient (Wildman–Crippen LogP) is 3.71. The smallest absolute Gasteiger partial charge is 0.235 e. The van der Waals surface area contributed by atoms with Crippen LogP contribution in [-0.2, 0) is 21.2 Å². The Kier molecular flexibility index (Phi) is 5.46. The van der Waals surface area contributed by atoms with Gasteiger partial charge in [-0.2, -0.15) is 0 Å². The normalized spacial score (nSPS) is 17.9. The first-order valence-electron chi connectivity index (χ1n) is 9.55. The summed E-state index contributed by atoms with van der Waals surface area (Å²) in [6.07, 6.45) is 0.605. The minimum atomic E-state index is -3.66. The molecule has 0 radical (unpaired) electrons. The monoisotopic (exact) mass is 423 g/mol. The Morgan fingerprint density at radius 2 is 1.67 bits per heavy atom. The average molecular weight is 423 g/mol. The lowest BCUT2D eigenvalue weighted by Crippen LogP contribution is -2.40. The highest BCUT2D eigenvalue weighted by Crippen LogP contribution is 2.33. The molecule has 7 heteroatoms. The number of para-hydroxylation sites is 1. The van der Waals surface area contributed by atoms with Gasteiger partial charge in [0.05, 0.1) is 5.75 Å². The van der Waals surface area contributed by atoms with Gasteiger partial charge < -0.3 is 9.84 Å². The van der Waals surface area contributed by atoms with Crippen LogP contribution in [-0.4, -0.2) is 25.2 Å². The Morgan fingerprint density at radius 1 is 0.933 bits per heavy atom. The zero-order valence-electron chi connectivity index (χ0n) is 16.1. The maximum Gasteiger partial charge on any atom is 0.235 e. The number of ether oxygens (including phenoxy) is 1. The number of aromatic hydroxyl groups is 1. The molecule has 2 N–H and O–H groups in total. The molecule has 0 spiro atoms. The van der Waals surface area contributed by atoms with Crippen LogP contribution in [0, 0.1) is 0 Å². The molecule has 1 fully saturated rings. The molecule has 3 aromatic rings. The fourth-order valence-corrected chi connectivity index (χ4v) is 4.97. The van der Waals surface area contributed by atoms with Crippen LogP contribution < -0.4 is 9.46 Å². The van der Waals surface area contributed by atoms with Crippen molar-refractivity contribution in [2.75, 3.05) is 5.75 Å². The molecule has 6 nitrogen and oxygen atoms in total. The number of rotatable bonds is 5. The summed E-state index contributed by atoms with van der Waals surface area (Å²) in [5, 5.41) is 10.5. The van der Waals surface area contributed by atoms with Gasteiger partial charge in [0, 0.05) is 12.3 Å². The summed E-state index contributed by atoms with van der Waals surface area (Å²) in [4.78, 5) is 11.7. The molecule has 0 saturated carbocycles. The Hall–Kier alpha value is -3.32. The van der Waals surface area contributed by atoms with E-state index < -0.39 is 21.8 Å². The Balaban J connectivity index is 1.50. The molecule has 30 heavy (non-hydrogen) atoms. The zero-order chi connectivity index (χ0) is 21.1. The third kappa shape index (κ3) is 4.80. The summed E-state index contributed by atoms with van der Waals surface area (Å²) in [7, 11) is -3.66. The molecular formula is C23H21NO5S. The molecule has 1 aliphatic rings. The Morgan fingerprint density at radius 3 is 2.40 bits per heavy atom. The van der Waals surface area contributed by atoms with Crippen molar-refractivity contribution in [3.05, 3.63) is 89.5 Å². The van der Waals surface area contributed by atoms with Crippen LogP contribution in [0.3, 0.4) is 0 Å². The number of amides is 1. The zero-order valence-corrected chi connectivity index (χ0v) is 16.9. The molecule has 0 bridgehead atoms. The van der Waals surface area contributed by atoms with E-state index in [-0.39, 0.29) is 17.9 Å². The number of nitrogens with one attached hydrogen (secondary N) is 1. The van der Waals surface area contributed by atoms with Crippen molar-refractivity contribution in [1.82, 2.24) is 4.72 Å². The topological polar surface area (TPSA) is 92.7 Å². The standard InChI is InChI=1S/C23H21NO5S/c25-22-13-17(9-10-21(22)18-14-23(26)24-30(27,28)15-18)11-16-5-4-8-20(12-16)29-19-6-2-1-3-7-19/h1-10,12-13,18,25H,11,14-15H2,(H,24,26). The van der Waals surface area contributed by atoms with E-state index in [1.54, 1.807) is 12.1 Å². The number of carbonyl (C=O) groups is 1. The molecule has 1 heterocycles. The van der Waals surface area contributed by atoms with E-state index in [2.05, 4.69) is 0 Å². The third-order valence-corrected chi connectivity index (χ3v) is 6.32. The lowest BCUT2D eigenvalue weighted by atomic mass is 9.93. The van der Waals surface area contributed by atoms with Crippen molar-refractivity contribution in [3.63, 3.8) is 0 Å². The predicted molar refractivity (Wildman–Crippen MR) is 113 cm³/mol. The van der Waals surface area contributed by atoms with Gasteiger partial charge >= 0.3 is 0 Å². The van der Waals surface area contributed by atoms with Crippen LogP contribution in [0.25, 0.3) is 0 Å². The van der Waals surface area contributed by atoms with Gasteiger partial charge in [-0.05, 0) is 53.4 Å². The maximum atomic E-state index is 11.8. The fraction of sp³-hybridized carbons (Fsp3) is 0.174. The molecule has 0 aromatic heterocycles. The van der Waals surface area contributed by atoms with Crippen LogP contribution in [0.1, 0.15) is 29.0 Å². The summed E-state index contributed by atoms with van der Waals surface area (Å²) in [6, 6.07) is 22.4. The van der Waals surface area contributed by atoms with Crippen LogP contribution in [0.5, 0.6) is 17.2 Å². The van der Waals surface area contributed by atoms with E-state index in [4.69, 9.17) is 4.74 Å². The van der Waals surface area contributed by atoms with Crippen LogP contribution in [0.4, 0.5) is 0 Å². The van der Waals surface area contributed by atoms with E-state index in [0.717, 1.165) is 22.6 Å². The highest BCUT2D eigenvalue weighted by molar-refractivity contribution is 7.90. The summed E-state index contributed by atoms with van der Waals surface area (Å²) in [5.74, 6) is 0.148. The van der Waals surface area contributed by atoms with Gasteiger partial charge in [0.2, 0.25) is 15.9 Å². The first-order valence-corrected chi connectivity index (χ1v) is 11.2. The van der Waals surface area contributed by atoms with Crippen LogP contribution >= 0.6 is 0 Å². The third-order valence-electron chi connectivity index (χ3n) is 4.94. The molecule has 0 aliphatic carbocycles.